The van der Waals surface area contributed by atoms with Crippen LogP contribution in [0.3, 0.4) is 0 Å². The summed E-state index contributed by atoms with van der Waals surface area (Å²) < 4.78 is 6.41. The van der Waals surface area contributed by atoms with Gasteiger partial charge in [-0.05, 0) is 56.7 Å². The molecular weight excluding hydrogens is 460 g/mol. The van der Waals surface area contributed by atoms with Crippen molar-refractivity contribution in [3.8, 4) is 5.75 Å². The Bertz CT molecular complexity index is 863. The third kappa shape index (κ3) is 8.28. The van der Waals surface area contributed by atoms with Crippen molar-refractivity contribution in [2.75, 3.05) is 33.7 Å². The highest BCUT2D eigenvalue weighted by Crippen LogP contribution is 2.32. The Labute approximate surface area is 215 Å². The lowest BCUT2D eigenvalue weighted by Crippen LogP contribution is -2.55. The smallest absolute Gasteiger partial charge is 0.240 e. The van der Waals surface area contributed by atoms with E-state index in [0.717, 1.165) is 43.4 Å². The average molecular weight is 505 g/mol. The number of aliphatic hydroxyl groups excluding tert-OH is 1. The molecule has 0 fully saturated rings. The van der Waals surface area contributed by atoms with Crippen LogP contribution >= 0.6 is 0 Å². The number of hydrogen-bond donors (Lipinski definition) is 4. The van der Waals surface area contributed by atoms with Crippen molar-refractivity contribution in [1.29, 1.82) is 0 Å². The molecule has 0 saturated carbocycles. The van der Waals surface area contributed by atoms with E-state index in [2.05, 4.69) is 34.1 Å². The summed E-state index contributed by atoms with van der Waals surface area (Å²) in [6.07, 6.45) is 3.73. The maximum atomic E-state index is 13.2. The summed E-state index contributed by atoms with van der Waals surface area (Å²) >= 11 is 0. The number of fused-ring (bicyclic) bond motifs is 1. The molecule has 36 heavy (non-hydrogen) atoms. The number of rotatable bonds is 15. The molecule has 1 aliphatic rings. The third-order valence-electron chi connectivity index (χ3n) is 6.95. The molecule has 9 nitrogen and oxygen atoms in total. The highest BCUT2D eigenvalue weighted by atomic mass is 16.5. The fourth-order valence-electron chi connectivity index (χ4n) is 4.52. The van der Waals surface area contributed by atoms with Crippen molar-refractivity contribution < 1.29 is 24.2 Å². The van der Waals surface area contributed by atoms with Crippen molar-refractivity contribution >= 4 is 18.1 Å². The summed E-state index contributed by atoms with van der Waals surface area (Å²) in [5.41, 5.74) is 2.31. The van der Waals surface area contributed by atoms with E-state index in [1.165, 1.54) is 17.4 Å². The topological polar surface area (TPSA) is 120 Å². The lowest BCUT2D eigenvalue weighted by Gasteiger charge is -2.34. The summed E-state index contributed by atoms with van der Waals surface area (Å²) in [5.74, 6) is 0.736. The van der Waals surface area contributed by atoms with E-state index in [1.807, 2.05) is 13.8 Å². The Balaban J connectivity index is 2.01. The second-order valence-corrected chi connectivity index (χ2v) is 9.76. The minimum atomic E-state index is -0.942. The van der Waals surface area contributed by atoms with Crippen LogP contribution in [0.15, 0.2) is 18.2 Å². The van der Waals surface area contributed by atoms with Gasteiger partial charge in [0.05, 0.1) is 18.7 Å². The fraction of sp³-hybridized carbons (Fsp3) is 0.667. The zero-order valence-corrected chi connectivity index (χ0v) is 22.4. The molecule has 9 heteroatoms. The molecule has 1 aromatic rings. The second kappa shape index (κ2) is 14.9. The largest absolute Gasteiger partial charge is 0.489 e. The predicted molar refractivity (Wildman–Crippen MR) is 140 cm³/mol. The highest BCUT2D eigenvalue weighted by molar-refractivity contribution is 5.84. The van der Waals surface area contributed by atoms with E-state index in [1.54, 1.807) is 14.1 Å². The number of hydrogen-bond acceptors (Lipinski definition) is 7. The molecule has 5 atom stereocenters. The Kier molecular flexibility index (Phi) is 12.3. The monoisotopic (exact) mass is 504 g/mol. The number of amides is 2. The van der Waals surface area contributed by atoms with Gasteiger partial charge in [-0.25, -0.2) is 0 Å². The van der Waals surface area contributed by atoms with Crippen LogP contribution in [0, 0.1) is 5.92 Å². The van der Waals surface area contributed by atoms with E-state index in [4.69, 9.17) is 4.74 Å². The Morgan fingerprint density at radius 2 is 2.06 bits per heavy atom. The Morgan fingerprint density at radius 1 is 1.31 bits per heavy atom. The fourth-order valence-corrected chi connectivity index (χ4v) is 4.52. The van der Waals surface area contributed by atoms with E-state index in [9.17, 15) is 19.5 Å². The standard InChI is InChI=1S/C27H44N4O5/c1-6-18(2)25(27(35)31(5)23(17-32)19(3)33)30-15-22-13-12-21-10-7-9-20(26(21)36-22)11-8-14-29-24(34)16-28-4/h7,9-10,17-19,22-23,25,28,30,33H,6,8,11-16H2,1-5H3,(H,29,34). The first-order chi connectivity index (χ1) is 17.2. The number of nitrogens with one attached hydrogen (secondary N) is 3. The quantitative estimate of drug-likeness (QED) is 0.208. The zero-order valence-electron chi connectivity index (χ0n) is 22.4. The number of likely N-dealkylation sites (N-methyl/N-ethyl adjacent to an activating group) is 2. The van der Waals surface area contributed by atoms with Crippen LogP contribution in [0.4, 0.5) is 0 Å². The lowest BCUT2D eigenvalue weighted by molar-refractivity contribution is -0.140. The average Bonchev–Trinajstić information content (AvgIpc) is 2.86. The number of para-hydroxylation sites is 1. The van der Waals surface area contributed by atoms with E-state index >= 15 is 0 Å². The number of aldehydes is 1. The predicted octanol–water partition coefficient (Wildman–Crippen LogP) is 1.06. The van der Waals surface area contributed by atoms with E-state index in [-0.39, 0.29) is 23.8 Å². The summed E-state index contributed by atoms with van der Waals surface area (Å²) in [6.45, 7) is 6.96. The molecule has 2 rings (SSSR count). The molecule has 5 unspecified atom stereocenters. The molecule has 0 spiro atoms. The Morgan fingerprint density at radius 3 is 2.69 bits per heavy atom. The number of carbonyl (C=O) groups is 3. The molecule has 0 aliphatic carbocycles. The third-order valence-corrected chi connectivity index (χ3v) is 6.95. The number of benzene rings is 1. The second-order valence-electron chi connectivity index (χ2n) is 9.76. The number of nitrogens with zero attached hydrogens (tertiary/aromatic N) is 1. The molecule has 1 aliphatic heterocycles. The van der Waals surface area contributed by atoms with Gasteiger partial charge in [0.25, 0.3) is 0 Å². The van der Waals surface area contributed by atoms with Gasteiger partial charge in [-0.2, -0.15) is 0 Å². The first-order valence-electron chi connectivity index (χ1n) is 13.1. The van der Waals surface area contributed by atoms with Gasteiger partial charge in [-0.3, -0.25) is 9.59 Å². The molecule has 2 amide bonds. The number of aliphatic hydroxyl groups is 1. The maximum absolute atomic E-state index is 13.2. The molecule has 0 bridgehead atoms. The van der Waals surface area contributed by atoms with Gasteiger partial charge < -0.3 is 35.5 Å². The Hall–Kier alpha value is -2.49. The first-order valence-corrected chi connectivity index (χ1v) is 13.1. The molecule has 1 aromatic carbocycles. The van der Waals surface area contributed by atoms with Gasteiger partial charge in [-0.1, -0.05) is 38.5 Å². The molecular formula is C27H44N4O5. The van der Waals surface area contributed by atoms with Gasteiger partial charge >= 0.3 is 0 Å². The minimum absolute atomic E-state index is 0.0149. The van der Waals surface area contributed by atoms with Gasteiger partial charge in [0.15, 0.2) is 0 Å². The van der Waals surface area contributed by atoms with Crippen molar-refractivity contribution in [2.24, 2.45) is 5.92 Å². The van der Waals surface area contributed by atoms with Gasteiger partial charge in [0, 0.05) is 20.1 Å². The van der Waals surface area contributed by atoms with E-state index < -0.39 is 18.2 Å². The van der Waals surface area contributed by atoms with Crippen molar-refractivity contribution in [3.63, 3.8) is 0 Å². The van der Waals surface area contributed by atoms with Crippen molar-refractivity contribution in [3.05, 3.63) is 29.3 Å². The van der Waals surface area contributed by atoms with Crippen LogP contribution in [0.1, 0.15) is 51.2 Å². The van der Waals surface area contributed by atoms with Gasteiger partial charge in [0.1, 0.15) is 24.2 Å². The van der Waals surface area contributed by atoms with Crippen LogP contribution < -0.4 is 20.7 Å². The highest BCUT2D eigenvalue weighted by Gasteiger charge is 2.33. The molecule has 4 N–H and O–H groups in total. The van der Waals surface area contributed by atoms with Crippen LogP contribution in [0.5, 0.6) is 5.75 Å². The molecule has 0 radical (unpaired) electrons. The normalized spacial score (nSPS) is 18.2. The van der Waals surface area contributed by atoms with Crippen LogP contribution in [0.25, 0.3) is 0 Å². The van der Waals surface area contributed by atoms with Crippen LogP contribution in [-0.2, 0) is 27.2 Å². The summed E-state index contributed by atoms with van der Waals surface area (Å²) in [4.78, 5) is 37.7. The summed E-state index contributed by atoms with van der Waals surface area (Å²) in [5, 5.41) is 19.0. The first kappa shape index (κ1) is 29.7. The zero-order chi connectivity index (χ0) is 26.7. The molecule has 0 aromatic heterocycles. The molecule has 202 valence electrons. The van der Waals surface area contributed by atoms with Crippen LogP contribution in [-0.4, -0.2) is 86.1 Å². The number of carbonyl (C=O) groups excluding carboxylic acids is 3. The maximum Gasteiger partial charge on any atom is 0.240 e. The number of aryl methyl sites for hydroxylation is 2. The lowest BCUT2D eigenvalue weighted by atomic mass is 9.95. The molecule has 1 heterocycles. The molecule has 0 saturated heterocycles. The minimum Gasteiger partial charge on any atom is -0.489 e. The van der Waals surface area contributed by atoms with E-state index in [0.29, 0.717) is 25.9 Å². The van der Waals surface area contributed by atoms with Gasteiger partial charge in [-0.15, -0.1) is 0 Å². The summed E-state index contributed by atoms with van der Waals surface area (Å²) in [6, 6.07) is 4.85. The summed E-state index contributed by atoms with van der Waals surface area (Å²) in [7, 11) is 3.31. The number of ether oxygens (including phenoxy) is 1. The van der Waals surface area contributed by atoms with Gasteiger partial charge in [0.2, 0.25) is 11.8 Å². The van der Waals surface area contributed by atoms with Crippen molar-refractivity contribution in [2.45, 2.75) is 77.2 Å². The van der Waals surface area contributed by atoms with Crippen LogP contribution in [0.2, 0.25) is 0 Å². The SMILES string of the molecule is CCC(C)C(NCC1CCc2cccc(CCCNC(=O)CNC)c2O1)C(=O)N(C)C(C=O)C(C)O. The van der Waals surface area contributed by atoms with Crippen molar-refractivity contribution in [1.82, 2.24) is 20.9 Å².